The van der Waals surface area contributed by atoms with Gasteiger partial charge in [-0.2, -0.15) is 0 Å². The fourth-order valence-electron chi connectivity index (χ4n) is 2.33. The number of hydrogen-bond donors (Lipinski definition) is 1. The topological polar surface area (TPSA) is 35.2 Å². The average Bonchev–Trinajstić information content (AvgIpc) is 2.91. The second-order valence-corrected chi connectivity index (χ2v) is 5.44. The second-order valence-electron chi connectivity index (χ2n) is 4.53. The predicted molar refractivity (Wildman–Crippen MR) is 80.8 cm³/mol. The summed E-state index contributed by atoms with van der Waals surface area (Å²) in [6, 6.07) is 12.6. The van der Waals surface area contributed by atoms with Gasteiger partial charge in [0.1, 0.15) is 0 Å². The summed E-state index contributed by atoms with van der Waals surface area (Å²) >= 11 is 1.62. The van der Waals surface area contributed by atoms with Crippen molar-refractivity contribution in [2.75, 3.05) is 7.11 Å². The van der Waals surface area contributed by atoms with Crippen molar-refractivity contribution in [2.45, 2.75) is 6.04 Å². The molecule has 0 bridgehead atoms. The summed E-state index contributed by atoms with van der Waals surface area (Å²) in [7, 11) is 1.45. The number of methoxy groups -OCH3 is 1. The van der Waals surface area contributed by atoms with Crippen LogP contribution < -0.4 is 10.5 Å². The summed E-state index contributed by atoms with van der Waals surface area (Å²) in [6.45, 7) is 0. The molecular weight excluding hydrogens is 273 g/mol. The molecule has 1 atom stereocenters. The fourth-order valence-corrected chi connectivity index (χ4v) is 3.33. The van der Waals surface area contributed by atoms with Crippen LogP contribution in [0.1, 0.15) is 17.2 Å². The normalized spacial score (nSPS) is 12.6. The Kier molecular flexibility index (Phi) is 3.42. The summed E-state index contributed by atoms with van der Waals surface area (Å²) in [5.41, 5.74) is 7.66. The minimum atomic E-state index is -0.499. The number of thiophene rings is 1. The molecule has 2 aromatic carbocycles. The summed E-state index contributed by atoms with van der Waals surface area (Å²) in [6.07, 6.45) is 0. The van der Waals surface area contributed by atoms with E-state index in [4.69, 9.17) is 10.5 Å². The summed E-state index contributed by atoms with van der Waals surface area (Å²) in [5, 5.41) is 3.07. The van der Waals surface area contributed by atoms with Crippen LogP contribution in [0.5, 0.6) is 5.75 Å². The van der Waals surface area contributed by atoms with Crippen LogP contribution in [-0.4, -0.2) is 7.11 Å². The number of rotatable bonds is 3. The SMILES string of the molecule is COc1cccc(C(N)c2csc3ccccc23)c1F. The van der Waals surface area contributed by atoms with Gasteiger partial charge in [0.05, 0.1) is 13.2 Å². The zero-order valence-corrected chi connectivity index (χ0v) is 11.8. The minimum Gasteiger partial charge on any atom is -0.494 e. The first kappa shape index (κ1) is 13.1. The monoisotopic (exact) mass is 287 g/mol. The Morgan fingerprint density at radius 3 is 2.70 bits per heavy atom. The molecule has 1 aromatic heterocycles. The van der Waals surface area contributed by atoms with Gasteiger partial charge in [-0.3, -0.25) is 0 Å². The van der Waals surface area contributed by atoms with Crippen LogP contribution in [0, 0.1) is 5.82 Å². The van der Waals surface area contributed by atoms with Crippen molar-refractivity contribution in [1.82, 2.24) is 0 Å². The molecule has 4 heteroatoms. The molecule has 0 saturated heterocycles. The van der Waals surface area contributed by atoms with Crippen LogP contribution >= 0.6 is 11.3 Å². The van der Waals surface area contributed by atoms with Gasteiger partial charge in [0, 0.05) is 10.3 Å². The average molecular weight is 287 g/mol. The lowest BCUT2D eigenvalue weighted by molar-refractivity contribution is 0.383. The summed E-state index contributed by atoms with van der Waals surface area (Å²) in [5.74, 6) is -0.171. The van der Waals surface area contributed by atoms with Crippen LogP contribution in [0.4, 0.5) is 4.39 Å². The van der Waals surface area contributed by atoms with Crippen molar-refractivity contribution in [3.63, 3.8) is 0 Å². The lowest BCUT2D eigenvalue weighted by Crippen LogP contribution is -2.13. The Balaban J connectivity index is 2.11. The quantitative estimate of drug-likeness (QED) is 0.787. The van der Waals surface area contributed by atoms with Gasteiger partial charge in [-0.15, -0.1) is 11.3 Å². The Morgan fingerprint density at radius 2 is 1.90 bits per heavy atom. The first-order chi connectivity index (χ1) is 9.72. The molecule has 0 spiro atoms. The minimum absolute atomic E-state index is 0.220. The molecule has 1 unspecified atom stereocenters. The predicted octanol–water partition coefficient (Wildman–Crippen LogP) is 4.10. The highest BCUT2D eigenvalue weighted by atomic mass is 32.1. The van der Waals surface area contributed by atoms with E-state index in [0.717, 1.165) is 15.6 Å². The molecule has 0 aliphatic heterocycles. The number of nitrogens with two attached hydrogens (primary N) is 1. The molecule has 20 heavy (non-hydrogen) atoms. The van der Waals surface area contributed by atoms with Crippen molar-refractivity contribution in [1.29, 1.82) is 0 Å². The summed E-state index contributed by atoms with van der Waals surface area (Å²) < 4.78 is 20.5. The highest BCUT2D eigenvalue weighted by Crippen LogP contribution is 2.34. The first-order valence-corrected chi connectivity index (χ1v) is 7.14. The lowest BCUT2D eigenvalue weighted by atomic mass is 9.98. The third-order valence-electron chi connectivity index (χ3n) is 3.39. The number of benzene rings is 2. The molecule has 0 aliphatic carbocycles. The van der Waals surface area contributed by atoms with Gasteiger partial charge in [-0.05, 0) is 28.5 Å². The van der Waals surface area contributed by atoms with Crippen LogP contribution in [-0.2, 0) is 0 Å². The van der Waals surface area contributed by atoms with Gasteiger partial charge >= 0.3 is 0 Å². The summed E-state index contributed by atoms with van der Waals surface area (Å²) in [4.78, 5) is 0. The third kappa shape index (κ3) is 2.07. The van der Waals surface area contributed by atoms with Crippen molar-refractivity contribution in [2.24, 2.45) is 5.73 Å². The molecule has 0 fully saturated rings. The Bertz CT molecular complexity index is 753. The van der Waals surface area contributed by atoms with Gasteiger partial charge in [0.2, 0.25) is 0 Å². The van der Waals surface area contributed by atoms with E-state index in [2.05, 4.69) is 0 Å². The van der Waals surface area contributed by atoms with E-state index >= 15 is 0 Å². The zero-order chi connectivity index (χ0) is 14.1. The van der Waals surface area contributed by atoms with Gasteiger partial charge < -0.3 is 10.5 Å². The first-order valence-electron chi connectivity index (χ1n) is 6.26. The maximum absolute atomic E-state index is 14.3. The van der Waals surface area contributed by atoms with E-state index in [1.807, 2.05) is 29.6 Å². The number of ether oxygens (including phenoxy) is 1. The van der Waals surface area contributed by atoms with Crippen molar-refractivity contribution < 1.29 is 9.13 Å². The van der Waals surface area contributed by atoms with Gasteiger partial charge in [0.25, 0.3) is 0 Å². The van der Waals surface area contributed by atoms with Crippen molar-refractivity contribution in [3.05, 3.63) is 64.8 Å². The van der Waals surface area contributed by atoms with E-state index < -0.39 is 11.9 Å². The fraction of sp³-hybridized carbons (Fsp3) is 0.125. The number of fused-ring (bicyclic) bond motifs is 1. The smallest absolute Gasteiger partial charge is 0.170 e. The van der Waals surface area contributed by atoms with Crippen LogP contribution in [0.15, 0.2) is 47.8 Å². The second kappa shape index (κ2) is 5.23. The standard InChI is InChI=1S/C16H14FNOS/c1-19-13-7-4-6-11(15(13)17)16(18)12-9-20-14-8-3-2-5-10(12)14/h2-9,16H,18H2,1H3. The zero-order valence-electron chi connectivity index (χ0n) is 11.0. The van der Waals surface area contributed by atoms with Gasteiger partial charge in [0.15, 0.2) is 11.6 Å². The Hall–Kier alpha value is -1.91. The molecular formula is C16H14FNOS. The highest BCUT2D eigenvalue weighted by Gasteiger charge is 2.19. The third-order valence-corrected chi connectivity index (χ3v) is 4.38. The largest absolute Gasteiger partial charge is 0.494 e. The van der Waals surface area contributed by atoms with E-state index in [9.17, 15) is 4.39 Å². The molecule has 1 heterocycles. The van der Waals surface area contributed by atoms with E-state index in [0.29, 0.717) is 5.56 Å². The molecule has 0 aliphatic rings. The Labute approximate surface area is 120 Å². The maximum atomic E-state index is 14.3. The molecule has 0 saturated carbocycles. The van der Waals surface area contributed by atoms with Crippen LogP contribution in [0.2, 0.25) is 0 Å². The van der Waals surface area contributed by atoms with E-state index in [-0.39, 0.29) is 5.75 Å². The maximum Gasteiger partial charge on any atom is 0.170 e. The molecule has 3 rings (SSSR count). The van der Waals surface area contributed by atoms with Gasteiger partial charge in [-0.1, -0.05) is 30.3 Å². The molecule has 0 radical (unpaired) electrons. The molecule has 2 nitrogen and oxygen atoms in total. The van der Waals surface area contributed by atoms with Crippen molar-refractivity contribution >= 4 is 21.4 Å². The van der Waals surface area contributed by atoms with Gasteiger partial charge in [-0.25, -0.2) is 4.39 Å². The van der Waals surface area contributed by atoms with Crippen molar-refractivity contribution in [3.8, 4) is 5.75 Å². The number of hydrogen-bond acceptors (Lipinski definition) is 3. The van der Waals surface area contributed by atoms with Crippen LogP contribution in [0.3, 0.4) is 0 Å². The van der Waals surface area contributed by atoms with Crippen LogP contribution in [0.25, 0.3) is 10.1 Å². The number of halogens is 1. The molecule has 2 N–H and O–H groups in total. The van der Waals surface area contributed by atoms with E-state index in [1.54, 1.807) is 29.5 Å². The molecule has 102 valence electrons. The molecule has 0 amide bonds. The molecule has 3 aromatic rings. The van der Waals surface area contributed by atoms with E-state index in [1.165, 1.54) is 7.11 Å². The lowest BCUT2D eigenvalue weighted by Gasteiger charge is -2.14. The highest BCUT2D eigenvalue weighted by molar-refractivity contribution is 7.17. The Morgan fingerprint density at radius 1 is 1.10 bits per heavy atom.